The molecule has 1 amide bonds. The van der Waals surface area contributed by atoms with Crippen LogP contribution in [0, 0.1) is 0 Å². The van der Waals surface area contributed by atoms with Crippen LogP contribution in [0.3, 0.4) is 0 Å². The molecule has 0 aromatic heterocycles. The van der Waals surface area contributed by atoms with Gasteiger partial charge in [-0.05, 0) is 12.0 Å². The second kappa shape index (κ2) is 8.87. The van der Waals surface area contributed by atoms with Crippen LogP contribution < -0.4 is 0 Å². The van der Waals surface area contributed by atoms with Gasteiger partial charge in [-0.2, -0.15) is 0 Å². The molecule has 0 aliphatic rings. The summed E-state index contributed by atoms with van der Waals surface area (Å²) in [5.41, 5.74) is 7.87. The van der Waals surface area contributed by atoms with E-state index in [0.29, 0.717) is 6.61 Å². The lowest BCUT2D eigenvalue weighted by Crippen LogP contribution is -1.99. The molecular weight excluding hydrogens is 170 g/mol. The van der Waals surface area contributed by atoms with Gasteiger partial charge in [0.25, 0.3) is 0 Å². The molecule has 0 unspecified atom stereocenters. The number of hydrogen-bond acceptors (Lipinski definition) is 2. The van der Waals surface area contributed by atoms with Crippen molar-refractivity contribution in [3.05, 3.63) is 10.4 Å². The second-order valence-electron chi connectivity index (χ2n) is 2.72. The molecule has 0 spiro atoms. The summed E-state index contributed by atoms with van der Waals surface area (Å²) in [4.78, 5) is 12.8. The van der Waals surface area contributed by atoms with Crippen molar-refractivity contribution in [1.29, 1.82) is 0 Å². The summed E-state index contributed by atoms with van der Waals surface area (Å²) in [6.45, 7) is 2.49. The van der Waals surface area contributed by atoms with Gasteiger partial charge in [-0.1, -0.05) is 32.6 Å². The Bertz CT molecular complexity index is 188. The Morgan fingerprint density at radius 1 is 1.38 bits per heavy atom. The number of unbranched alkanes of at least 4 members (excludes halogenated alkanes) is 4. The van der Waals surface area contributed by atoms with Crippen molar-refractivity contribution in [2.45, 2.75) is 39.0 Å². The molecule has 0 heterocycles. The molecule has 5 nitrogen and oxygen atoms in total. The van der Waals surface area contributed by atoms with E-state index in [1.54, 1.807) is 0 Å². The quantitative estimate of drug-likeness (QED) is 0.275. The molecule has 0 bridgehead atoms. The molecule has 0 N–H and O–H groups in total. The first-order valence-corrected chi connectivity index (χ1v) is 4.53. The van der Waals surface area contributed by atoms with Crippen LogP contribution in [0.5, 0.6) is 0 Å². The van der Waals surface area contributed by atoms with E-state index in [4.69, 9.17) is 5.53 Å². The standard InChI is InChI=1S/C8H15N3O2/c1-2-3-4-5-6-7-13-8(12)10-11-9/h2-7H2,1H3. The minimum absolute atomic E-state index is 0.349. The molecule has 0 atom stereocenters. The first-order valence-electron chi connectivity index (χ1n) is 4.53. The summed E-state index contributed by atoms with van der Waals surface area (Å²) in [7, 11) is 0. The van der Waals surface area contributed by atoms with Crippen molar-refractivity contribution >= 4 is 6.09 Å². The normalized spacial score (nSPS) is 9.00. The van der Waals surface area contributed by atoms with Crippen LogP contribution >= 0.6 is 0 Å². The van der Waals surface area contributed by atoms with E-state index < -0.39 is 6.09 Å². The maximum absolute atomic E-state index is 10.5. The van der Waals surface area contributed by atoms with Crippen molar-refractivity contribution in [2.24, 2.45) is 5.11 Å². The predicted octanol–water partition coefficient (Wildman–Crippen LogP) is 3.40. The van der Waals surface area contributed by atoms with Gasteiger partial charge in [0.2, 0.25) is 0 Å². The van der Waals surface area contributed by atoms with E-state index in [2.05, 4.69) is 21.7 Å². The van der Waals surface area contributed by atoms with Crippen LogP contribution in [0.1, 0.15) is 39.0 Å². The lowest BCUT2D eigenvalue weighted by molar-refractivity contribution is 0.154. The molecule has 0 saturated heterocycles. The van der Waals surface area contributed by atoms with Gasteiger partial charge in [0, 0.05) is 10.0 Å². The lowest BCUT2D eigenvalue weighted by Gasteiger charge is -2.00. The minimum Gasteiger partial charge on any atom is -0.461 e. The minimum atomic E-state index is -0.835. The summed E-state index contributed by atoms with van der Waals surface area (Å²) >= 11 is 0. The van der Waals surface area contributed by atoms with Gasteiger partial charge in [-0.15, -0.1) is 0 Å². The SMILES string of the molecule is CCCCCCCOC(=O)N=[N+]=[N-]. The highest BCUT2D eigenvalue weighted by Crippen LogP contribution is 2.02. The molecule has 0 rings (SSSR count). The zero-order chi connectivity index (χ0) is 9.94. The molecule has 13 heavy (non-hydrogen) atoms. The molecule has 74 valence electrons. The third-order valence-corrected chi connectivity index (χ3v) is 1.60. The number of nitrogens with zero attached hydrogens (tertiary/aromatic N) is 3. The van der Waals surface area contributed by atoms with Crippen molar-refractivity contribution in [2.75, 3.05) is 6.61 Å². The molecule has 5 heteroatoms. The second-order valence-corrected chi connectivity index (χ2v) is 2.72. The number of azide groups is 1. The van der Waals surface area contributed by atoms with Crippen molar-refractivity contribution in [3.63, 3.8) is 0 Å². The number of ether oxygens (including phenoxy) is 1. The Hall–Kier alpha value is -1.22. The van der Waals surface area contributed by atoms with E-state index in [9.17, 15) is 4.79 Å². The average molecular weight is 185 g/mol. The van der Waals surface area contributed by atoms with Crippen molar-refractivity contribution in [3.8, 4) is 0 Å². The highest BCUT2D eigenvalue weighted by atomic mass is 16.5. The Labute approximate surface area is 77.7 Å². The Balaban J connectivity index is 3.16. The first kappa shape index (κ1) is 11.8. The van der Waals surface area contributed by atoms with E-state index in [1.807, 2.05) is 0 Å². The topological polar surface area (TPSA) is 75.1 Å². The third kappa shape index (κ3) is 8.69. The van der Waals surface area contributed by atoms with Gasteiger partial charge in [-0.25, -0.2) is 4.79 Å². The smallest absolute Gasteiger partial charge is 0.396 e. The van der Waals surface area contributed by atoms with Crippen molar-refractivity contribution in [1.82, 2.24) is 0 Å². The number of carbonyl (C=O) groups excluding carboxylic acids is 1. The number of amides is 1. The van der Waals surface area contributed by atoms with E-state index in [1.165, 1.54) is 12.8 Å². The zero-order valence-electron chi connectivity index (χ0n) is 7.90. The molecule has 0 radical (unpaired) electrons. The number of carbonyl (C=O) groups is 1. The summed E-state index contributed by atoms with van der Waals surface area (Å²) < 4.78 is 4.60. The fraction of sp³-hybridized carbons (Fsp3) is 0.875. The van der Waals surface area contributed by atoms with Crippen LogP contribution in [0.25, 0.3) is 10.4 Å². The average Bonchev–Trinajstić information content (AvgIpc) is 2.11. The number of rotatable bonds is 6. The summed E-state index contributed by atoms with van der Waals surface area (Å²) in [5.74, 6) is 0. The fourth-order valence-corrected chi connectivity index (χ4v) is 0.930. The van der Waals surface area contributed by atoms with Gasteiger partial charge >= 0.3 is 6.09 Å². The number of hydrogen-bond donors (Lipinski definition) is 0. The van der Waals surface area contributed by atoms with Crippen LogP contribution in [0.15, 0.2) is 5.11 Å². The largest absolute Gasteiger partial charge is 0.461 e. The van der Waals surface area contributed by atoms with E-state index >= 15 is 0 Å². The third-order valence-electron chi connectivity index (χ3n) is 1.60. The van der Waals surface area contributed by atoms with E-state index in [0.717, 1.165) is 19.3 Å². The van der Waals surface area contributed by atoms with Gasteiger partial charge in [0.05, 0.1) is 6.61 Å². The molecule has 0 aliphatic heterocycles. The van der Waals surface area contributed by atoms with Crippen LogP contribution in [0.2, 0.25) is 0 Å². The van der Waals surface area contributed by atoms with Crippen molar-refractivity contribution < 1.29 is 9.53 Å². The Morgan fingerprint density at radius 3 is 2.69 bits per heavy atom. The van der Waals surface area contributed by atoms with Gasteiger partial charge in [-0.3, -0.25) is 0 Å². The predicted molar refractivity (Wildman–Crippen MR) is 49.3 cm³/mol. The monoisotopic (exact) mass is 185 g/mol. The Morgan fingerprint density at radius 2 is 2.08 bits per heavy atom. The van der Waals surface area contributed by atoms with Gasteiger partial charge in [0.1, 0.15) is 0 Å². The maximum atomic E-state index is 10.5. The van der Waals surface area contributed by atoms with Gasteiger partial charge in [0.15, 0.2) is 0 Å². The zero-order valence-corrected chi connectivity index (χ0v) is 7.90. The van der Waals surface area contributed by atoms with Crippen LogP contribution in [0.4, 0.5) is 4.79 Å². The summed E-state index contributed by atoms with van der Waals surface area (Å²) in [6, 6.07) is 0. The molecular formula is C8H15N3O2. The first-order chi connectivity index (χ1) is 6.31. The Kier molecular flexibility index (Phi) is 8.04. The summed E-state index contributed by atoms with van der Waals surface area (Å²) in [5, 5.41) is 2.78. The fourth-order valence-electron chi connectivity index (χ4n) is 0.930. The lowest BCUT2D eigenvalue weighted by atomic mass is 10.2. The highest BCUT2D eigenvalue weighted by Gasteiger charge is 1.96. The highest BCUT2D eigenvalue weighted by molar-refractivity contribution is 5.67. The summed E-state index contributed by atoms with van der Waals surface area (Å²) in [6.07, 6.45) is 4.63. The van der Waals surface area contributed by atoms with Gasteiger partial charge < -0.3 is 4.74 Å². The molecule has 0 saturated carbocycles. The molecule has 0 aromatic carbocycles. The molecule has 0 aromatic rings. The van der Waals surface area contributed by atoms with Crippen LogP contribution in [-0.4, -0.2) is 12.7 Å². The molecule has 0 fully saturated rings. The maximum Gasteiger partial charge on any atom is 0.396 e. The molecule has 0 aliphatic carbocycles. The van der Waals surface area contributed by atoms with Crippen LogP contribution in [-0.2, 0) is 4.74 Å². The van der Waals surface area contributed by atoms with E-state index in [-0.39, 0.29) is 0 Å².